The lowest BCUT2D eigenvalue weighted by Crippen LogP contribution is -2.24. The van der Waals surface area contributed by atoms with Gasteiger partial charge >= 0.3 is 0 Å². The summed E-state index contributed by atoms with van der Waals surface area (Å²) in [6, 6.07) is 5.95. The molecule has 20 heavy (non-hydrogen) atoms. The van der Waals surface area contributed by atoms with Gasteiger partial charge in [0.05, 0.1) is 11.4 Å². The van der Waals surface area contributed by atoms with Crippen molar-refractivity contribution in [2.24, 2.45) is 7.05 Å². The third-order valence-corrected chi connectivity index (χ3v) is 4.29. The Kier molecular flexibility index (Phi) is 4.01. The van der Waals surface area contributed by atoms with Crippen LogP contribution in [0.2, 0.25) is 0 Å². The van der Waals surface area contributed by atoms with Crippen molar-refractivity contribution >= 4 is 15.8 Å². The Hall–Kier alpha value is -1.99. The number of nitrogens with one attached hydrogen (secondary N) is 1. The summed E-state index contributed by atoms with van der Waals surface area (Å²) in [5.41, 5.74) is 0.366. The lowest BCUT2D eigenvalue weighted by Gasteiger charge is -2.07. The fourth-order valence-corrected chi connectivity index (χ4v) is 2.72. The van der Waals surface area contributed by atoms with Crippen LogP contribution in [0.15, 0.2) is 41.6 Å². The second kappa shape index (κ2) is 5.56. The third kappa shape index (κ3) is 3.12. The summed E-state index contributed by atoms with van der Waals surface area (Å²) in [6.45, 7) is 1.49. The lowest BCUT2D eigenvalue weighted by atomic mass is 10.2. The summed E-state index contributed by atoms with van der Waals surface area (Å²) in [4.78, 5) is 15.4. The molecule has 2 aromatic rings. The minimum Gasteiger partial charge on any atom is -0.337 e. The molecule has 1 aromatic carbocycles. The van der Waals surface area contributed by atoms with Crippen molar-refractivity contribution in [2.45, 2.75) is 18.4 Å². The Morgan fingerprint density at radius 1 is 1.40 bits per heavy atom. The molecule has 1 heterocycles. The highest BCUT2D eigenvalue weighted by molar-refractivity contribution is 7.89. The van der Waals surface area contributed by atoms with Crippen LogP contribution in [-0.4, -0.2) is 23.8 Å². The smallest absolute Gasteiger partial charge is 0.240 e. The number of aromatic nitrogens is 2. The van der Waals surface area contributed by atoms with Gasteiger partial charge in [0.1, 0.15) is 5.82 Å². The molecule has 1 aromatic heterocycles. The van der Waals surface area contributed by atoms with E-state index < -0.39 is 10.0 Å². The van der Waals surface area contributed by atoms with Gasteiger partial charge in [0, 0.05) is 25.0 Å². The molecule has 0 saturated carbocycles. The number of benzene rings is 1. The number of Topliss-reactive ketones (excluding diaryl/α,β-unsaturated/α-hetero) is 1. The molecule has 1 N–H and O–H groups in total. The molecule has 0 bridgehead atoms. The Balaban J connectivity index is 2.20. The largest absolute Gasteiger partial charge is 0.337 e. The van der Waals surface area contributed by atoms with Crippen molar-refractivity contribution in [2.75, 3.05) is 0 Å². The summed E-state index contributed by atoms with van der Waals surface area (Å²) in [6.07, 6.45) is 3.33. The van der Waals surface area contributed by atoms with Crippen LogP contribution in [0, 0.1) is 0 Å². The van der Waals surface area contributed by atoms with Crippen LogP contribution in [0.4, 0.5) is 0 Å². The minimum atomic E-state index is -3.66. The van der Waals surface area contributed by atoms with Crippen molar-refractivity contribution in [3.63, 3.8) is 0 Å². The Morgan fingerprint density at radius 3 is 2.75 bits per heavy atom. The standard InChI is InChI=1S/C13H15N3O3S/c1-10(17)11-4-3-5-12(8-11)20(18,19)15-9-13-14-6-7-16(13)2/h3-8,15H,9H2,1-2H3. The minimum absolute atomic E-state index is 0.0689. The van der Waals surface area contributed by atoms with Crippen molar-refractivity contribution in [1.82, 2.24) is 14.3 Å². The van der Waals surface area contributed by atoms with E-state index in [1.165, 1.54) is 19.1 Å². The molecule has 0 unspecified atom stereocenters. The average Bonchev–Trinajstić information content (AvgIpc) is 2.82. The molecule has 0 atom stereocenters. The van der Waals surface area contributed by atoms with Crippen molar-refractivity contribution in [3.05, 3.63) is 48.0 Å². The van der Waals surface area contributed by atoms with Crippen LogP contribution >= 0.6 is 0 Å². The lowest BCUT2D eigenvalue weighted by molar-refractivity contribution is 0.101. The van der Waals surface area contributed by atoms with E-state index in [9.17, 15) is 13.2 Å². The summed E-state index contributed by atoms with van der Waals surface area (Å²) < 4.78 is 28.5. The predicted octanol–water partition coefficient (Wildman–Crippen LogP) is 1.10. The zero-order valence-corrected chi connectivity index (χ0v) is 12.0. The quantitative estimate of drug-likeness (QED) is 0.837. The van der Waals surface area contributed by atoms with E-state index in [4.69, 9.17) is 0 Å². The highest BCUT2D eigenvalue weighted by Gasteiger charge is 2.15. The number of carbonyl (C=O) groups excluding carboxylic acids is 1. The summed E-state index contributed by atoms with van der Waals surface area (Å²) >= 11 is 0. The SMILES string of the molecule is CC(=O)c1cccc(S(=O)(=O)NCc2nccn2C)c1. The second-order valence-electron chi connectivity index (χ2n) is 4.36. The molecular formula is C13H15N3O3S. The monoisotopic (exact) mass is 293 g/mol. The van der Waals surface area contributed by atoms with Gasteiger partial charge in [0.15, 0.2) is 5.78 Å². The Bertz CT molecular complexity index is 735. The number of carbonyl (C=O) groups is 1. The topological polar surface area (TPSA) is 81.1 Å². The summed E-state index contributed by atoms with van der Waals surface area (Å²) in [7, 11) is -1.88. The first-order valence-corrected chi connectivity index (χ1v) is 7.45. The van der Waals surface area contributed by atoms with E-state index in [2.05, 4.69) is 9.71 Å². The van der Waals surface area contributed by atoms with E-state index in [0.717, 1.165) is 0 Å². The molecule has 0 aliphatic heterocycles. The molecule has 0 saturated heterocycles. The second-order valence-corrected chi connectivity index (χ2v) is 6.13. The maximum absolute atomic E-state index is 12.2. The van der Waals surface area contributed by atoms with E-state index in [0.29, 0.717) is 11.4 Å². The van der Waals surface area contributed by atoms with Crippen LogP contribution in [0.5, 0.6) is 0 Å². The van der Waals surface area contributed by atoms with Gasteiger partial charge in [-0.3, -0.25) is 4.79 Å². The number of hydrogen-bond acceptors (Lipinski definition) is 4. The number of rotatable bonds is 5. The first-order chi connectivity index (χ1) is 9.40. The zero-order chi connectivity index (χ0) is 14.8. The van der Waals surface area contributed by atoms with Gasteiger partial charge in [0.25, 0.3) is 0 Å². The van der Waals surface area contributed by atoms with Crippen molar-refractivity contribution in [1.29, 1.82) is 0 Å². The molecule has 106 valence electrons. The molecule has 0 aliphatic carbocycles. The molecule has 7 heteroatoms. The van der Waals surface area contributed by atoms with E-state index in [1.807, 2.05) is 0 Å². The number of aryl methyl sites for hydroxylation is 1. The van der Waals surface area contributed by atoms with Gasteiger partial charge in [-0.1, -0.05) is 12.1 Å². The van der Waals surface area contributed by atoms with Gasteiger partial charge in [-0.05, 0) is 19.1 Å². The predicted molar refractivity (Wildman–Crippen MR) is 73.7 cm³/mol. The van der Waals surface area contributed by atoms with Gasteiger partial charge in [0.2, 0.25) is 10.0 Å². The van der Waals surface area contributed by atoms with E-state index >= 15 is 0 Å². The Morgan fingerprint density at radius 2 is 2.15 bits per heavy atom. The zero-order valence-electron chi connectivity index (χ0n) is 11.2. The summed E-state index contributed by atoms with van der Waals surface area (Å²) in [5.74, 6) is 0.433. The van der Waals surface area contributed by atoms with E-state index in [1.54, 1.807) is 36.1 Å². The van der Waals surface area contributed by atoms with Gasteiger partial charge in [-0.2, -0.15) is 0 Å². The van der Waals surface area contributed by atoms with Gasteiger partial charge in [-0.25, -0.2) is 18.1 Å². The number of imidazole rings is 1. The maximum Gasteiger partial charge on any atom is 0.240 e. The molecule has 0 radical (unpaired) electrons. The third-order valence-electron chi connectivity index (χ3n) is 2.89. The molecule has 0 amide bonds. The maximum atomic E-state index is 12.2. The number of nitrogens with zero attached hydrogens (tertiary/aromatic N) is 2. The number of ketones is 1. The highest BCUT2D eigenvalue weighted by atomic mass is 32.2. The van der Waals surface area contributed by atoms with Crippen molar-refractivity contribution < 1.29 is 13.2 Å². The molecular weight excluding hydrogens is 278 g/mol. The van der Waals surface area contributed by atoms with Crippen LogP contribution in [-0.2, 0) is 23.6 Å². The van der Waals surface area contributed by atoms with Crippen LogP contribution < -0.4 is 4.72 Å². The molecule has 0 aliphatic rings. The van der Waals surface area contributed by atoms with Crippen LogP contribution in [0.3, 0.4) is 0 Å². The number of hydrogen-bond donors (Lipinski definition) is 1. The highest BCUT2D eigenvalue weighted by Crippen LogP contribution is 2.12. The van der Waals surface area contributed by atoms with Crippen LogP contribution in [0.1, 0.15) is 23.1 Å². The van der Waals surface area contributed by atoms with Crippen LogP contribution in [0.25, 0.3) is 0 Å². The van der Waals surface area contributed by atoms with E-state index in [-0.39, 0.29) is 17.2 Å². The molecule has 2 rings (SSSR count). The fourth-order valence-electron chi connectivity index (χ4n) is 1.69. The first-order valence-electron chi connectivity index (χ1n) is 5.97. The molecule has 0 spiro atoms. The normalized spacial score (nSPS) is 11.5. The molecule has 0 fully saturated rings. The average molecular weight is 293 g/mol. The number of sulfonamides is 1. The first kappa shape index (κ1) is 14.4. The fraction of sp³-hybridized carbons (Fsp3) is 0.231. The summed E-state index contributed by atoms with van der Waals surface area (Å²) in [5, 5.41) is 0. The van der Waals surface area contributed by atoms with Gasteiger partial charge in [-0.15, -0.1) is 0 Å². The van der Waals surface area contributed by atoms with Gasteiger partial charge < -0.3 is 4.57 Å². The molecule has 6 nitrogen and oxygen atoms in total. The van der Waals surface area contributed by atoms with Crippen molar-refractivity contribution in [3.8, 4) is 0 Å². The Labute approximate surface area is 117 Å².